The van der Waals surface area contributed by atoms with Crippen LogP contribution in [0.3, 0.4) is 0 Å². The number of nitrogens with two attached hydrogens (primary N) is 1. The van der Waals surface area contributed by atoms with Crippen molar-refractivity contribution in [3.63, 3.8) is 0 Å². The lowest BCUT2D eigenvalue weighted by atomic mass is 10.0. The lowest BCUT2D eigenvalue weighted by Gasteiger charge is -2.23. The second-order valence-corrected chi connectivity index (χ2v) is 12.2. The third kappa shape index (κ3) is 8.69. The molecule has 1 aliphatic rings. The number of phenols is 1. The Balaban J connectivity index is 1.33. The van der Waals surface area contributed by atoms with Crippen molar-refractivity contribution in [2.45, 2.75) is 58.2 Å². The summed E-state index contributed by atoms with van der Waals surface area (Å²) in [6.07, 6.45) is 3.22. The van der Waals surface area contributed by atoms with Crippen LogP contribution in [-0.4, -0.2) is 51.7 Å². The third-order valence-corrected chi connectivity index (χ3v) is 7.83. The summed E-state index contributed by atoms with van der Waals surface area (Å²) in [5.41, 5.74) is 7.95. The number of hydrogen-bond donors (Lipinski definition) is 4. The highest BCUT2D eigenvalue weighted by molar-refractivity contribution is 5.83. The Morgan fingerprint density at radius 1 is 1.07 bits per heavy atom. The molecular weight excluding hydrogens is 570 g/mol. The van der Waals surface area contributed by atoms with Gasteiger partial charge < -0.3 is 26.2 Å². The molecule has 4 aromatic rings. The maximum Gasteiger partial charge on any atom is 0.262 e. The first-order valence-corrected chi connectivity index (χ1v) is 15.5. The lowest BCUT2D eigenvalue weighted by molar-refractivity contribution is -0.123. The number of nitrogens with one attached hydrogen (secondary N) is 2. The van der Waals surface area contributed by atoms with Crippen molar-refractivity contribution in [3.8, 4) is 22.9 Å². The van der Waals surface area contributed by atoms with Crippen LogP contribution < -0.4 is 26.7 Å². The van der Waals surface area contributed by atoms with E-state index in [0.29, 0.717) is 47.8 Å². The summed E-state index contributed by atoms with van der Waals surface area (Å²) in [5, 5.41) is 15.8. The number of nitrogens with zero attached hydrogens (tertiary/aromatic N) is 2. The first-order chi connectivity index (χ1) is 21.7. The van der Waals surface area contributed by atoms with E-state index in [0.717, 1.165) is 24.0 Å². The van der Waals surface area contributed by atoms with Gasteiger partial charge in [-0.1, -0.05) is 56.3 Å². The average Bonchev–Trinajstić information content (AvgIpc) is 3.86. The molecule has 236 valence electrons. The van der Waals surface area contributed by atoms with Gasteiger partial charge in [0.2, 0.25) is 11.8 Å². The molecule has 0 unspecified atom stereocenters. The molecule has 45 heavy (non-hydrogen) atoms. The zero-order chi connectivity index (χ0) is 31.9. The number of phenolic OH excluding ortho intramolecular Hbond substituents is 1. The van der Waals surface area contributed by atoms with Crippen LogP contribution in [0.1, 0.15) is 38.7 Å². The monoisotopic (exact) mass is 611 g/mol. The Kier molecular flexibility index (Phi) is 10.1. The van der Waals surface area contributed by atoms with Gasteiger partial charge in [-0.3, -0.25) is 19.0 Å². The molecule has 0 saturated heterocycles. The van der Waals surface area contributed by atoms with Gasteiger partial charge in [-0.05, 0) is 73.4 Å². The summed E-state index contributed by atoms with van der Waals surface area (Å²) >= 11 is 0. The molecule has 3 aromatic carbocycles. The summed E-state index contributed by atoms with van der Waals surface area (Å²) < 4.78 is 7.53. The van der Waals surface area contributed by atoms with Gasteiger partial charge in [0, 0.05) is 12.1 Å². The summed E-state index contributed by atoms with van der Waals surface area (Å²) in [7, 11) is 0. The maximum absolute atomic E-state index is 13.8. The van der Waals surface area contributed by atoms with Crippen molar-refractivity contribution < 1.29 is 19.4 Å². The van der Waals surface area contributed by atoms with Crippen molar-refractivity contribution in [1.82, 2.24) is 20.2 Å². The van der Waals surface area contributed by atoms with Gasteiger partial charge >= 0.3 is 0 Å². The number of fused-ring (bicyclic) bond motifs is 1. The van der Waals surface area contributed by atoms with E-state index in [1.807, 2.05) is 30.3 Å². The molecule has 10 nitrogen and oxygen atoms in total. The van der Waals surface area contributed by atoms with E-state index in [1.54, 1.807) is 42.5 Å². The standard InChI is InChI=1S/C35H41N5O5/c1-22(2)16-26(38-34(43)30(36)17-23-10-12-27(41)13-11-23)21-45-28-14-15-31-29(18-28)35(44)40(20-32(42)37-19-24-8-9-24)33(39-31)25-6-4-3-5-7-25/h3-7,10-15,18,22,24,26,30,41H,8-9,16-17,19-21,36H2,1-2H3,(H,37,42)(H,38,43)/t26-,30-/m0/s1. The molecule has 1 aromatic heterocycles. The van der Waals surface area contributed by atoms with E-state index in [2.05, 4.69) is 24.5 Å². The van der Waals surface area contributed by atoms with Crippen LogP contribution in [0.2, 0.25) is 0 Å². The Bertz CT molecular complexity index is 1680. The molecular formula is C35H41N5O5. The topological polar surface area (TPSA) is 149 Å². The Morgan fingerprint density at radius 3 is 2.49 bits per heavy atom. The number of benzene rings is 3. The van der Waals surface area contributed by atoms with E-state index >= 15 is 0 Å². The van der Waals surface area contributed by atoms with Crippen molar-refractivity contribution in [3.05, 3.63) is 88.7 Å². The second-order valence-electron chi connectivity index (χ2n) is 12.2. The van der Waals surface area contributed by atoms with Crippen LogP contribution in [0.4, 0.5) is 0 Å². The summed E-state index contributed by atoms with van der Waals surface area (Å²) in [5.74, 6) is 1.31. The Morgan fingerprint density at radius 2 is 1.80 bits per heavy atom. The molecule has 1 heterocycles. The van der Waals surface area contributed by atoms with Crippen LogP contribution in [0, 0.1) is 11.8 Å². The van der Waals surface area contributed by atoms with Crippen LogP contribution in [-0.2, 0) is 22.6 Å². The molecule has 2 atom stereocenters. The van der Waals surface area contributed by atoms with Crippen molar-refractivity contribution in [1.29, 1.82) is 0 Å². The van der Waals surface area contributed by atoms with Gasteiger partial charge in [-0.25, -0.2) is 4.98 Å². The number of hydrogen-bond acceptors (Lipinski definition) is 7. The molecule has 1 fully saturated rings. The molecule has 1 saturated carbocycles. The Hall–Kier alpha value is -4.70. The van der Waals surface area contributed by atoms with Gasteiger partial charge in [-0.15, -0.1) is 0 Å². The minimum Gasteiger partial charge on any atom is -0.508 e. The van der Waals surface area contributed by atoms with Gasteiger partial charge in [0.15, 0.2) is 0 Å². The minimum absolute atomic E-state index is 0.142. The van der Waals surface area contributed by atoms with Gasteiger partial charge in [0.05, 0.1) is 23.0 Å². The van der Waals surface area contributed by atoms with Gasteiger partial charge in [0.1, 0.15) is 30.5 Å². The summed E-state index contributed by atoms with van der Waals surface area (Å²) in [4.78, 5) is 44.4. The van der Waals surface area contributed by atoms with Crippen LogP contribution in [0.5, 0.6) is 11.5 Å². The molecule has 5 N–H and O–H groups in total. The molecule has 5 rings (SSSR count). The third-order valence-electron chi connectivity index (χ3n) is 7.83. The highest BCUT2D eigenvalue weighted by atomic mass is 16.5. The molecule has 0 spiro atoms. The first kappa shape index (κ1) is 31.7. The van der Waals surface area contributed by atoms with Crippen LogP contribution >= 0.6 is 0 Å². The fourth-order valence-corrected chi connectivity index (χ4v) is 5.25. The number of aromatic nitrogens is 2. The number of carbonyl (C=O) groups excluding carboxylic acids is 2. The zero-order valence-corrected chi connectivity index (χ0v) is 25.7. The molecule has 1 aliphatic carbocycles. The molecule has 2 amide bonds. The van der Waals surface area contributed by atoms with Crippen molar-refractivity contribution >= 4 is 22.7 Å². The normalized spacial score (nSPS) is 14.2. The van der Waals surface area contributed by atoms with Crippen molar-refractivity contribution in [2.75, 3.05) is 13.2 Å². The number of rotatable bonds is 14. The predicted octanol–water partition coefficient (Wildman–Crippen LogP) is 3.78. The highest BCUT2D eigenvalue weighted by Crippen LogP contribution is 2.27. The quantitative estimate of drug-likeness (QED) is 0.170. The van der Waals surface area contributed by atoms with E-state index < -0.39 is 6.04 Å². The number of carbonyl (C=O) groups is 2. The van der Waals surface area contributed by atoms with Gasteiger partial charge in [-0.2, -0.15) is 0 Å². The maximum atomic E-state index is 13.8. The Labute approximate surface area is 262 Å². The molecule has 0 aliphatic heterocycles. The average molecular weight is 612 g/mol. The zero-order valence-electron chi connectivity index (χ0n) is 25.7. The first-order valence-electron chi connectivity index (χ1n) is 15.5. The fourth-order valence-electron chi connectivity index (χ4n) is 5.25. The molecule has 0 bridgehead atoms. The summed E-state index contributed by atoms with van der Waals surface area (Å²) in [6.45, 7) is 4.77. The van der Waals surface area contributed by atoms with E-state index in [9.17, 15) is 19.5 Å². The second kappa shape index (κ2) is 14.4. The fraction of sp³-hybridized carbons (Fsp3) is 0.371. The molecule has 10 heteroatoms. The number of ether oxygens (including phenoxy) is 1. The van der Waals surface area contributed by atoms with Crippen molar-refractivity contribution in [2.24, 2.45) is 17.6 Å². The smallest absolute Gasteiger partial charge is 0.262 e. The minimum atomic E-state index is -0.769. The SMILES string of the molecule is CC(C)C[C@@H](COc1ccc2nc(-c3ccccc3)n(CC(=O)NCC3CC3)c(=O)c2c1)NC(=O)[C@@H](N)Cc1ccc(O)cc1. The van der Waals surface area contributed by atoms with Crippen LogP contribution in [0.25, 0.3) is 22.3 Å². The summed E-state index contributed by atoms with van der Waals surface area (Å²) in [6, 6.07) is 20.0. The van der Waals surface area contributed by atoms with Gasteiger partial charge in [0.25, 0.3) is 5.56 Å². The largest absolute Gasteiger partial charge is 0.508 e. The highest BCUT2D eigenvalue weighted by Gasteiger charge is 2.23. The molecule has 0 radical (unpaired) electrons. The van der Waals surface area contributed by atoms with E-state index in [-0.39, 0.29) is 48.2 Å². The van der Waals surface area contributed by atoms with E-state index in [4.69, 9.17) is 15.5 Å². The lowest BCUT2D eigenvalue weighted by Crippen LogP contribution is -2.48. The number of amides is 2. The van der Waals surface area contributed by atoms with Crippen LogP contribution in [0.15, 0.2) is 77.6 Å². The van der Waals surface area contributed by atoms with E-state index in [1.165, 1.54) is 4.57 Å². The number of aromatic hydroxyl groups is 1. The predicted molar refractivity (Wildman–Crippen MR) is 174 cm³/mol.